The lowest BCUT2D eigenvalue weighted by Gasteiger charge is -2.43. The molecule has 4 nitrogen and oxygen atoms in total. The molecule has 1 fully saturated rings. The summed E-state index contributed by atoms with van der Waals surface area (Å²) in [6.07, 6.45) is 7.14. The van der Waals surface area contributed by atoms with Gasteiger partial charge in [-0.2, -0.15) is 0 Å². The second-order valence-electron chi connectivity index (χ2n) is 8.19. The molecule has 1 saturated heterocycles. The molecule has 4 rings (SSSR count). The van der Waals surface area contributed by atoms with E-state index in [2.05, 4.69) is 11.0 Å². The molecule has 2 aromatic carbocycles. The lowest BCUT2D eigenvalue weighted by Crippen LogP contribution is -2.50. The predicted molar refractivity (Wildman–Crippen MR) is 132 cm³/mol. The molecule has 0 radical (unpaired) electrons. The van der Waals surface area contributed by atoms with Gasteiger partial charge in [0.25, 0.3) is 0 Å². The molecule has 1 heterocycles. The standard InChI is InChI=1S/C25H25Cl3N2O2/c26-20-7-5-19(6-8-20)24-15-29(25(32)13-17-1-3-18(16-31)4-2-17)11-12-30(24)23-10-9-21(27)14-22(23)28/h1-3,5-10,14,18,24,31H,4,11-13,15-16H2. The molecule has 7 heteroatoms. The van der Waals surface area contributed by atoms with Gasteiger partial charge < -0.3 is 14.9 Å². The van der Waals surface area contributed by atoms with Crippen LogP contribution in [0.2, 0.25) is 15.1 Å². The molecule has 2 atom stereocenters. The Morgan fingerprint density at radius 3 is 2.44 bits per heavy atom. The SMILES string of the molecule is O=C(CC1=CCC(CO)C=C1)N1CCN(c2ccc(Cl)cc2Cl)C(c2ccc(Cl)cc2)C1. The molecular weight excluding hydrogens is 467 g/mol. The smallest absolute Gasteiger partial charge is 0.227 e. The van der Waals surface area contributed by atoms with E-state index in [-0.39, 0.29) is 24.5 Å². The van der Waals surface area contributed by atoms with Crippen molar-refractivity contribution >= 4 is 46.4 Å². The molecule has 0 bridgehead atoms. The molecule has 0 aromatic heterocycles. The number of anilines is 1. The van der Waals surface area contributed by atoms with Crippen molar-refractivity contribution in [3.8, 4) is 0 Å². The fourth-order valence-electron chi connectivity index (χ4n) is 4.24. The van der Waals surface area contributed by atoms with Gasteiger partial charge in [0.05, 0.1) is 23.2 Å². The molecule has 2 unspecified atom stereocenters. The summed E-state index contributed by atoms with van der Waals surface area (Å²) in [5, 5.41) is 11.1. The average molecular weight is 492 g/mol. The molecule has 1 aliphatic heterocycles. The van der Waals surface area contributed by atoms with Crippen molar-refractivity contribution < 1.29 is 9.90 Å². The van der Waals surface area contributed by atoms with E-state index >= 15 is 0 Å². The first-order valence-electron chi connectivity index (χ1n) is 10.7. The Balaban J connectivity index is 1.55. The van der Waals surface area contributed by atoms with Crippen LogP contribution in [-0.4, -0.2) is 42.2 Å². The highest BCUT2D eigenvalue weighted by Crippen LogP contribution is 2.37. The number of nitrogens with zero attached hydrogens (tertiary/aromatic N) is 2. The number of halogens is 3. The number of piperazine rings is 1. The van der Waals surface area contributed by atoms with Crippen molar-refractivity contribution in [3.05, 3.63) is 86.9 Å². The summed E-state index contributed by atoms with van der Waals surface area (Å²) < 4.78 is 0. The third kappa shape index (κ3) is 5.32. The molecule has 0 saturated carbocycles. The van der Waals surface area contributed by atoms with Crippen molar-refractivity contribution in [3.63, 3.8) is 0 Å². The maximum atomic E-state index is 13.1. The average Bonchev–Trinajstić information content (AvgIpc) is 2.80. The van der Waals surface area contributed by atoms with Gasteiger partial charge in [-0.15, -0.1) is 0 Å². The molecule has 1 N–H and O–H groups in total. The number of carbonyl (C=O) groups is 1. The van der Waals surface area contributed by atoms with E-state index < -0.39 is 0 Å². The summed E-state index contributed by atoms with van der Waals surface area (Å²) in [4.78, 5) is 17.3. The number of aliphatic hydroxyl groups excluding tert-OH is 1. The summed E-state index contributed by atoms with van der Waals surface area (Å²) in [6, 6.07) is 13.2. The number of aliphatic hydroxyl groups is 1. The number of rotatable bonds is 5. The third-order valence-corrected chi connectivity index (χ3v) is 6.85. The van der Waals surface area contributed by atoms with Gasteiger partial charge in [-0.05, 0) is 47.9 Å². The normalized spacial score (nSPS) is 20.9. The van der Waals surface area contributed by atoms with E-state index in [9.17, 15) is 9.90 Å². The fourth-order valence-corrected chi connectivity index (χ4v) is 4.89. The van der Waals surface area contributed by atoms with Gasteiger partial charge >= 0.3 is 0 Å². The molecule has 32 heavy (non-hydrogen) atoms. The van der Waals surface area contributed by atoms with Crippen molar-refractivity contribution in [2.45, 2.75) is 18.9 Å². The van der Waals surface area contributed by atoms with Crippen LogP contribution in [0.25, 0.3) is 0 Å². The van der Waals surface area contributed by atoms with Gasteiger partial charge in [0, 0.05) is 42.2 Å². The first-order chi connectivity index (χ1) is 15.4. The Kier molecular flexibility index (Phi) is 7.47. The summed E-state index contributed by atoms with van der Waals surface area (Å²) in [6.45, 7) is 1.95. The van der Waals surface area contributed by atoms with Crippen LogP contribution in [0.4, 0.5) is 5.69 Å². The quantitative estimate of drug-likeness (QED) is 0.564. The van der Waals surface area contributed by atoms with Crippen molar-refractivity contribution in [2.24, 2.45) is 5.92 Å². The second kappa shape index (κ2) is 10.3. The van der Waals surface area contributed by atoms with E-state index in [4.69, 9.17) is 34.8 Å². The van der Waals surface area contributed by atoms with Crippen LogP contribution in [0.5, 0.6) is 0 Å². The molecular formula is C25H25Cl3N2O2. The number of hydrogen-bond acceptors (Lipinski definition) is 3. The molecule has 1 aliphatic carbocycles. The van der Waals surface area contributed by atoms with Crippen LogP contribution in [0.1, 0.15) is 24.4 Å². The summed E-state index contributed by atoms with van der Waals surface area (Å²) >= 11 is 18.8. The molecule has 2 aromatic rings. The highest BCUT2D eigenvalue weighted by atomic mass is 35.5. The summed E-state index contributed by atoms with van der Waals surface area (Å²) in [5.41, 5.74) is 2.97. The summed E-state index contributed by atoms with van der Waals surface area (Å²) in [7, 11) is 0. The van der Waals surface area contributed by atoms with Gasteiger partial charge in [0.2, 0.25) is 5.91 Å². The van der Waals surface area contributed by atoms with Crippen LogP contribution in [0, 0.1) is 5.92 Å². The van der Waals surface area contributed by atoms with Crippen molar-refractivity contribution in [2.75, 3.05) is 31.1 Å². The minimum atomic E-state index is -0.0571. The minimum Gasteiger partial charge on any atom is -0.396 e. The number of carbonyl (C=O) groups excluding carboxylic acids is 1. The van der Waals surface area contributed by atoms with Gasteiger partial charge in [-0.1, -0.05) is 65.2 Å². The number of amides is 1. The monoisotopic (exact) mass is 490 g/mol. The Morgan fingerprint density at radius 2 is 1.78 bits per heavy atom. The fraction of sp³-hybridized carbons (Fsp3) is 0.320. The first kappa shape index (κ1) is 23.2. The van der Waals surface area contributed by atoms with Crippen LogP contribution in [-0.2, 0) is 4.79 Å². The Morgan fingerprint density at radius 1 is 1.03 bits per heavy atom. The van der Waals surface area contributed by atoms with Crippen molar-refractivity contribution in [1.29, 1.82) is 0 Å². The third-order valence-electron chi connectivity index (χ3n) is 6.06. The maximum Gasteiger partial charge on any atom is 0.227 e. The number of allylic oxidation sites excluding steroid dienone is 2. The number of benzene rings is 2. The molecule has 2 aliphatic rings. The molecule has 0 spiro atoms. The zero-order valence-corrected chi connectivity index (χ0v) is 19.8. The molecule has 1 amide bonds. The minimum absolute atomic E-state index is 0.0571. The Bertz CT molecular complexity index is 1040. The van der Waals surface area contributed by atoms with Gasteiger partial charge in [-0.25, -0.2) is 0 Å². The predicted octanol–water partition coefficient (Wildman–Crippen LogP) is 5.92. The van der Waals surface area contributed by atoms with E-state index in [0.717, 1.165) is 23.2 Å². The second-order valence-corrected chi connectivity index (χ2v) is 9.47. The van der Waals surface area contributed by atoms with E-state index in [1.54, 1.807) is 6.07 Å². The Labute approximate surface area is 203 Å². The zero-order valence-electron chi connectivity index (χ0n) is 17.6. The first-order valence-corrected chi connectivity index (χ1v) is 11.8. The van der Waals surface area contributed by atoms with Crippen LogP contribution in [0.3, 0.4) is 0 Å². The van der Waals surface area contributed by atoms with E-state index in [0.29, 0.717) is 41.1 Å². The van der Waals surface area contributed by atoms with Gasteiger partial charge in [-0.3, -0.25) is 4.79 Å². The Hall–Kier alpha value is -1.98. The largest absolute Gasteiger partial charge is 0.396 e. The van der Waals surface area contributed by atoms with E-state index in [1.165, 1.54) is 0 Å². The van der Waals surface area contributed by atoms with Crippen LogP contribution < -0.4 is 4.90 Å². The highest BCUT2D eigenvalue weighted by Gasteiger charge is 2.32. The molecule has 168 valence electrons. The van der Waals surface area contributed by atoms with Gasteiger partial charge in [0.1, 0.15) is 0 Å². The lowest BCUT2D eigenvalue weighted by atomic mass is 9.95. The zero-order chi connectivity index (χ0) is 22.7. The lowest BCUT2D eigenvalue weighted by molar-refractivity contribution is -0.131. The number of hydrogen-bond donors (Lipinski definition) is 1. The van der Waals surface area contributed by atoms with E-state index in [1.807, 2.05) is 53.5 Å². The highest BCUT2D eigenvalue weighted by molar-refractivity contribution is 6.36. The maximum absolute atomic E-state index is 13.1. The topological polar surface area (TPSA) is 43.8 Å². The van der Waals surface area contributed by atoms with Gasteiger partial charge in [0.15, 0.2) is 0 Å². The van der Waals surface area contributed by atoms with Crippen LogP contribution >= 0.6 is 34.8 Å². The van der Waals surface area contributed by atoms with Crippen LogP contribution in [0.15, 0.2) is 66.3 Å². The summed E-state index contributed by atoms with van der Waals surface area (Å²) in [5.74, 6) is 0.250. The van der Waals surface area contributed by atoms with Crippen molar-refractivity contribution in [1.82, 2.24) is 4.90 Å².